The lowest BCUT2D eigenvalue weighted by Gasteiger charge is -2.05. The van der Waals surface area contributed by atoms with Gasteiger partial charge in [0.25, 0.3) is 0 Å². The number of benzene rings is 2. The first kappa shape index (κ1) is 16.3. The predicted molar refractivity (Wildman–Crippen MR) is 94.3 cm³/mol. The van der Waals surface area contributed by atoms with Gasteiger partial charge >= 0.3 is 0 Å². The van der Waals surface area contributed by atoms with E-state index in [1.54, 1.807) is 11.5 Å². The van der Waals surface area contributed by atoms with Gasteiger partial charge in [-0.15, -0.1) is 5.10 Å². The van der Waals surface area contributed by atoms with Crippen molar-refractivity contribution in [2.24, 2.45) is 0 Å². The van der Waals surface area contributed by atoms with Crippen LogP contribution in [0.5, 0.6) is 5.88 Å². The van der Waals surface area contributed by atoms with Crippen molar-refractivity contribution in [2.75, 3.05) is 0 Å². The van der Waals surface area contributed by atoms with Crippen LogP contribution in [-0.4, -0.2) is 24.7 Å². The first-order chi connectivity index (χ1) is 12.5. The van der Waals surface area contributed by atoms with E-state index in [0.717, 1.165) is 22.4 Å². The number of rotatable bonds is 3. The van der Waals surface area contributed by atoms with Gasteiger partial charge in [0.15, 0.2) is 11.7 Å². The summed E-state index contributed by atoms with van der Waals surface area (Å²) < 4.78 is 30.3. The summed E-state index contributed by atoms with van der Waals surface area (Å²) in [7, 11) is 0. The molecular weight excluding hydrogens is 338 g/mol. The van der Waals surface area contributed by atoms with Crippen LogP contribution in [0.1, 0.15) is 12.6 Å². The largest absolute Gasteiger partial charge is 0.494 e. The van der Waals surface area contributed by atoms with Crippen molar-refractivity contribution in [2.45, 2.75) is 20.4 Å². The predicted octanol–water partition coefficient (Wildman–Crippen LogP) is 4.20. The van der Waals surface area contributed by atoms with Gasteiger partial charge in [-0.1, -0.05) is 11.3 Å². The summed E-state index contributed by atoms with van der Waals surface area (Å²) in [5.41, 5.74) is 2.17. The molecule has 4 aromatic rings. The van der Waals surface area contributed by atoms with Crippen LogP contribution < -0.4 is 0 Å². The van der Waals surface area contributed by atoms with Crippen LogP contribution >= 0.6 is 0 Å². The van der Waals surface area contributed by atoms with Crippen LogP contribution in [0.2, 0.25) is 0 Å². The minimum absolute atomic E-state index is 0.138. The van der Waals surface area contributed by atoms with E-state index in [1.165, 1.54) is 16.8 Å². The summed E-state index contributed by atoms with van der Waals surface area (Å²) in [6.45, 7) is 4.39. The lowest BCUT2D eigenvalue weighted by Crippen LogP contribution is -2.02. The Morgan fingerprint density at radius 1 is 1.12 bits per heavy atom. The van der Waals surface area contributed by atoms with E-state index >= 15 is 0 Å². The number of nitrogens with zero attached hydrogens (tertiary/aromatic N) is 4. The van der Waals surface area contributed by atoms with Gasteiger partial charge in [-0.3, -0.25) is 0 Å². The van der Waals surface area contributed by atoms with Gasteiger partial charge in [0, 0.05) is 35.1 Å². The number of hydrogen-bond donors (Lipinski definition) is 1. The summed E-state index contributed by atoms with van der Waals surface area (Å²) in [6, 6.07) is 8.90. The van der Waals surface area contributed by atoms with Crippen LogP contribution in [0.25, 0.3) is 27.7 Å². The third-order valence-electron chi connectivity index (χ3n) is 4.51. The fourth-order valence-electron chi connectivity index (χ4n) is 3.12. The Balaban J connectivity index is 1.82. The number of halogens is 2. The van der Waals surface area contributed by atoms with Crippen molar-refractivity contribution in [1.29, 1.82) is 0 Å². The first-order valence-corrected chi connectivity index (χ1v) is 8.19. The Hall–Kier alpha value is -3.22. The van der Waals surface area contributed by atoms with Gasteiger partial charge in [0.1, 0.15) is 17.2 Å². The summed E-state index contributed by atoms with van der Waals surface area (Å²) in [4.78, 5) is 0. The highest BCUT2D eigenvalue weighted by Crippen LogP contribution is 2.32. The van der Waals surface area contributed by atoms with Crippen molar-refractivity contribution in [3.05, 3.63) is 59.9 Å². The molecule has 0 saturated carbocycles. The highest BCUT2D eigenvalue weighted by atomic mass is 19.1. The minimum atomic E-state index is -0.704. The van der Waals surface area contributed by atoms with E-state index in [1.807, 2.05) is 31.3 Å². The maximum atomic E-state index is 14.1. The number of hydrogen-bond acceptors (Lipinski definition) is 3. The smallest absolute Gasteiger partial charge is 0.199 e. The zero-order valence-corrected chi connectivity index (χ0v) is 14.2. The molecule has 0 bridgehead atoms. The molecule has 7 heteroatoms. The zero-order valence-electron chi connectivity index (χ0n) is 14.2. The summed E-state index contributed by atoms with van der Waals surface area (Å²) in [6.07, 6.45) is 1.87. The minimum Gasteiger partial charge on any atom is -0.494 e. The fourth-order valence-corrected chi connectivity index (χ4v) is 3.12. The quantitative estimate of drug-likeness (QED) is 0.600. The second-order valence-corrected chi connectivity index (χ2v) is 6.07. The van der Waals surface area contributed by atoms with Gasteiger partial charge in [-0.25, -0.2) is 13.5 Å². The highest BCUT2D eigenvalue weighted by Gasteiger charge is 2.16. The Morgan fingerprint density at radius 2 is 1.92 bits per heavy atom. The third-order valence-corrected chi connectivity index (χ3v) is 4.51. The molecule has 132 valence electrons. The van der Waals surface area contributed by atoms with Crippen LogP contribution in [0, 0.1) is 18.6 Å². The summed E-state index contributed by atoms with van der Waals surface area (Å²) >= 11 is 0. The van der Waals surface area contributed by atoms with Crippen molar-refractivity contribution in [3.63, 3.8) is 0 Å². The monoisotopic (exact) mass is 354 g/mol. The van der Waals surface area contributed by atoms with E-state index in [9.17, 15) is 13.9 Å². The Labute approximate surface area is 148 Å². The number of aromatic hydroxyl groups is 1. The molecule has 1 N–H and O–H groups in total. The molecule has 4 rings (SSSR count). The summed E-state index contributed by atoms with van der Waals surface area (Å²) in [5, 5.41) is 20.0. The number of aromatic nitrogens is 4. The molecule has 0 atom stereocenters. The van der Waals surface area contributed by atoms with Gasteiger partial charge in [0.2, 0.25) is 0 Å². The molecule has 0 aliphatic heterocycles. The van der Waals surface area contributed by atoms with Gasteiger partial charge in [-0.2, -0.15) is 0 Å². The average molecular weight is 354 g/mol. The van der Waals surface area contributed by atoms with Crippen molar-refractivity contribution in [1.82, 2.24) is 19.6 Å². The first-order valence-electron chi connectivity index (χ1n) is 8.19. The van der Waals surface area contributed by atoms with Crippen molar-refractivity contribution in [3.8, 4) is 22.8 Å². The Bertz CT molecular complexity index is 1130. The Kier molecular flexibility index (Phi) is 3.72. The fraction of sp³-hybridized carbons (Fsp3) is 0.158. The number of fused-ring (bicyclic) bond motifs is 1. The van der Waals surface area contributed by atoms with Gasteiger partial charge in [-0.05, 0) is 38.1 Å². The van der Waals surface area contributed by atoms with E-state index in [-0.39, 0.29) is 11.6 Å². The molecule has 0 aliphatic rings. The average Bonchev–Trinajstić information content (AvgIpc) is 3.15. The molecule has 2 aromatic heterocycles. The van der Waals surface area contributed by atoms with Crippen LogP contribution in [0.15, 0.2) is 42.6 Å². The molecule has 2 aromatic carbocycles. The molecule has 26 heavy (non-hydrogen) atoms. The topological polar surface area (TPSA) is 55.9 Å². The maximum Gasteiger partial charge on any atom is 0.199 e. The van der Waals surface area contributed by atoms with Crippen LogP contribution in [0.4, 0.5) is 8.78 Å². The standard InChI is InChI=1S/C19H16F2N4O/c1-3-24-10-13-8-12(4-6-15(13)19(24)26)18-11(2)25(23-22-18)17-7-5-14(20)9-16(17)21/h4-10,26H,3H2,1-2H3. The van der Waals surface area contributed by atoms with Gasteiger partial charge in [0.05, 0.1) is 5.69 Å². The molecule has 0 unspecified atom stereocenters. The summed E-state index contributed by atoms with van der Waals surface area (Å²) in [5.74, 6) is -1.12. The normalized spacial score (nSPS) is 11.4. The van der Waals surface area contributed by atoms with Crippen molar-refractivity contribution >= 4 is 10.8 Å². The van der Waals surface area contributed by atoms with E-state index < -0.39 is 11.6 Å². The van der Waals surface area contributed by atoms with Gasteiger partial charge < -0.3 is 9.67 Å². The van der Waals surface area contributed by atoms with Crippen molar-refractivity contribution < 1.29 is 13.9 Å². The molecule has 0 saturated heterocycles. The van der Waals surface area contributed by atoms with E-state index in [0.29, 0.717) is 17.9 Å². The van der Waals surface area contributed by atoms with Crippen LogP contribution in [0.3, 0.4) is 0 Å². The van der Waals surface area contributed by atoms with E-state index in [4.69, 9.17) is 0 Å². The Morgan fingerprint density at radius 3 is 2.65 bits per heavy atom. The highest BCUT2D eigenvalue weighted by molar-refractivity contribution is 5.91. The zero-order chi connectivity index (χ0) is 18.4. The second kappa shape index (κ2) is 5.94. The second-order valence-electron chi connectivity index (χ2n) is 6.07. The molecule has 0 aliphatic carbocycles. The molecule has 0 spiro atoms. The molecule has 0 fully saturated rings. The molecule has 2 heterocycles. The molecule has 0 amide bonds. The SMILES string of the molecule is CCn1cc2cc(-c3nnn(-c4ccc(F)cc4F)c3C)ccc2c1O. The third kappa shape index (κ3) is 2.44. The molecule has 0 radical (unpaired) electrons. The molecule has 5 nitrogen and oxygen atoms in total. The lowest BCUT2D eigenvalue weighted by molar-refractivity contribution is 0.427. The maximum absolute atomic E-state index is 14.1. The number of aryl methyl sites for hydroxylation is 1. The molecular formula is C19H16F2N4O. The lowest BCUT2D eigenvalue weighted by atomic mass is 10.1. The van der Waals surface area contributed by atoms with E-state index in [2.05, 4.69) is 10.3 Å². The van der Waals surface area contributed by atoms with Crippen LogP contribution in [-0.2, 0) is 6.54 Å².